The zero-order valence-corrected chi connectivity index (χ0v) is 19.1. The second-order valence-electron chi connectivity index (χ2n) is 7.44. The summed E-state index contributed by atoms with van der Waals surface area (Å²) in [5.74, 6) is -1.53. The number of nitrogens with one attached hydrogen (secondary N) is 2. The Morgan fingerprint density at radius 2 is 1.67 bits per heavy atom. The summed E-state index contributed by atoms with van der Waals surface area (Å²) in [4.78, 5) is 39.3. The fraction of sp³-hybridized carbons (Fsp3) is 0.0800. The minimum absolute atomic E-state index is 0.0633. The van der Waals surface area contributed by atoms with Crippen molar-refractivity contribution < 1.29 is 14.4 Å². The largest absolute Gasteiger partial charge is 0.349 e. The molecule has 0 aliphatic carbocycles. The smallest absolute Gasteiger partial charge is 0.283 e. The van der Waals surface area contributed by atoms with Gasteiger partial charge in [-0.05, 0) is 48.4 Å². The molecular formula is C25H19Cl2N3O3. The van der Waals surface area contributed by atoms with Crippen molar-refractivity contribution >= 4 is 52.3 Å². The average Bonchev–Trinajstić information content (AvgIpc) is 3.02. The van der Waals surface area contributed by atoms with Gasteiger partial charge >= 0.3 is 0 Å². The van der Waals surface area contributed by atoms with E-state index in [1.54, 1.807) is 36.4 Å². The van der Waals surface area contributed by atoms with Gasteiger partial charge in [0.2, 0.25) is 0 Å². The lowest BCUT2D eigenvalue weighted by atomic mass is 10.1. The first-order chi connectivity index (χ1) is 15.8. The van der Waals surface area contributed by atoms with Crippen LogP contribution in [0.15, 0.2) is 83.5 Å². The maximum Gasteiger partial charge on any atom is 0.283 e. The molecule has 0 fully saturated rings. The first kappa shape index (κ1) is 22.6. The zero-order valence-electron chi connectivity index (χ0n) is 17.6. The van der Waals surface area contributed by atoms with Crippen molar-refractivity contribution in [1.29, 1.82) is 0 Å². The van der Waals surface area contributed by atoms with Crippen LogP contribution in [0.2, 0.25) is 5.02 Å². The molecule has 1 aliphatic heterocycles. The van der Waals surface area contributed by atoms with E-state index in [2.05, 4.69) is 10.6 Å². The summed E-state index contributed by atoms with van der Waals surface area (Å²) >= 11 is 12.2. The minimum atomic E-state index is -0.652. The minimum Gasteiger partial charge on any atom is -0.349 e. The highest BCUT2D eigenvalue weighted by Gasteiger charge is 2.39. The third kappa shape index (κ3) is 4.77. The molecule has 6 nitrogen and oxygen atoms in total. The highest BCUT2D eigenvalue weighted by atomic mass is 35.5. The average molecular weight is 480 g/mol. The Kier molecular flexibility index (Phi) is 6.49. The lowest BCUT2D eigenvalue weighted by Crippen LogP contribution is -2.32. The molecule has 4 rings (SSSR count). The van der Waals surface area contributed by atoms with Crippen LogP contribution in [0.1, 0.15) is 21.5 Å². The summed E-state index contributed by atoms with van der Waals surface area (Å²) < 4.78 is 0. The molecule has 0 saturated heterocycles. The third-order valence-corrected chi connectivity index (χ3v) is 5.73. The maximum absolute atomic E-state index is 13.0. The van der Waals surface area contributed by atoms with E-state index in [0.717, 1.165) is 16.0 Å². The molecule has 0 atom stereocenters. The van der Waals surface area contributed by atoms with Gasteiger partial charge in [0.25, 0.3) is 17.7 Å². The van der Waals surface area contributed by atoms with Crippen LogP contribution >= 0.6 is 23.2 Å². The number of anilines is 2. The van der Waals surface area contributed by atoms with E-state index < -0.39 is 11.8 Å². The predicted octanol–water partition coefficient (Wildman–Crippen LogP) is 5.01. The number of benzene rings is 3. The maximum atomic E-state index is 13.0. The molecule has 1 aliphatic rings. The van der Waals surface area contributed by atoms with Crippen molar-refractivity contribution in [1.82, 2.24) is 5.32 Å². The standard InChI is InChI=1S/C25H19Cl2N3O3/c1-15-10-11-17(23(31)28-14-16-6-3-2-4-7-16)12-20(15)29-22-21(27)24(32)30(25(22)33)19-9-5-8-18(26)13-19/h2-13,29H,14H2,1H3,(H,28,31). The number of hydrogen-bond acceptors (Lipinski definition) is 4. The number of hydrogen-bond donors (Lipinski definition) is 2. The summed E-state index contributed by atoms with van der Waals surface area (Å²) in [7, 11) is 0. The van der Waals surface area contributed by atoms with Crippen LogP contribution in [0.3, 0.4) is 0 Å². The molecule has 0 radical (unpaired) electrons. The van der Waals surface area contributed by atoms with Crippen LogP contribution in [0.5, 0.6) is 0 Å². The van der Waals surface area contributed by atoms with Crippen LogP contribution in [-0.4, -0.2) is 17.7 Å². The molecule has 33 heavy (non-hydrogen) atoms. The second kappa shape index (κ2) is 9.48. The number of carbonyl (C=O) groups is 3. The van der Waals surface area contributed by atoms with Gasteiger partial charge in [-0.1, -0.05) is 65.7 Å². The van der Waals surface area contributed by atoms with Crippen LogP contribution in [0.4, 0.5) is 11.4 Å². The highest BCUT2D eigenvalue weighted by molar-refractivity contribution is 6.53. The molecule has 2 N–H and O–H groups in total. The molecule has 3 aromatic carbocycles. The Hall–Kier alpha value is -3.61. The number of carbonyl (C=O) groups excluding carboxylic acids is 3. The molecule has 0 spiro atoms. The van der Waals surface area contributed by atoms with E-state index in [9.17, 15) is 14.4 Å². The van der Waals surface area contributed by atoms with Crippen molar-refractivity contribution in [3.8, 4) is 0 Å². The SMILES string of the molecule is Cc1ccc(C(=O)NCc2ccccc2)cc1NC1=C(Cl)C(=O)N(c2cccc(Cl)c2)C1=O. The molecule has 3 amide bonds. The van der Waals surface area contributed by atoms with Gasteiger partial charge in [-0.15, -0.1) is 0 Å². The van der Waals surface area contributed by atoms with E-state index in [0.29, 0.717) is 28.5 Å². The summed E-state index contributed by atoms with van der Waals surface area (Å²) in [6.45, 7) is 2.20. The van der Waals surface area contributed by atoms with Gasteiger partial charge in [0.05, 0.1) is 5.69 Å². The molecule has 0 unspecified atom stereocenters. The number of halogens is 2. The summed E-state index contributed by atoms with van der Waals surface area (Å²) in [5, 5.41) is 5.96. The monoisotopic (exact) mass is 479 g/mol. The molecule has 1 heterocycles. The van der Waals surface area contributed by atoms with Gasteiger partial charge in [-0.3, -0.25) is 14.4 Å². The number of imide groups is 1. The quantitative estimate of drug-likeness (QED) is 0.486. The molecule has 3 aromatic rings. The van der Waals surface area contributed by atoms with Gasteiger partial charge in [-0.25, -0.2) is 4.90 Å². The van der Waals surface area contributed by atoms with E-state index >= 15 is 0 Å². The number of amides is 3. The Bertz CT molecular complexity index is 1290. The Labute approximate surface area is 200 Å². The Morgan fingerprint density at radius 3 is 2.39 bits per heavy atom. The van der Waals surface area contributed by atoms with Crippen molar-refractivity contribution in [3.63, 3.8) is 0 Å². The van der Waals surface area contributed by atoms with Gasteiger partial charge < -0.3 is 10.6 Å². The molecule has 0 aromatic heterocycles. The fourth-order valence-electron chi connectivity index (χ4n) is 3.37. The first-order valence-electron chi connectivity index (χ1n) is 10.1. The lowest BCUT2D eigenvalue weighted by molar-refractivity contribution is -0.120. The van der Waals surface area contributed by atoms with Crippen LogP contribution < -0.4 is 15.5 Å². The third-order valence-electron chi connectivity index (χ3n) is 5.15. The van der Waals surface area contributed by atoms with Crippen molar-refractivity contribution in [2.24, 2.45) is 0 Å². The predicted molar refractivity (Wildman–Crippen MR) is 129 cm³/mol. The van der Waals surface area contributed by atoms with Crippen LogP contribution in [0, 0.1) is 6.92 Å². The van der Waals surface area contributed by atoms with E-state index in [-0.39, 0.29) is 16.6 Å². The molecule has 8 heteroatoms. The topological polar surface area (TPSA) is 78.5 Å². The van der Waals surface area contributed by atoms with Gasteiger partial charge in [-0.2, -0.15) is 0 Å². The lowest BCUT2D eigenvalue weighted by Gasteiger charge is -2.16. The van der Waals surface area contributed by atoms with E-state index in [1.807, 2.05) is 37.3 Å². The zero-order chi connectivity index (χ0) is 23.5. The molecule has 166 valence electrons. The van der Waals surface area contributed by atoms with Crippen molar-refractivity contribution in [2.75, 3.05) is 10.2 Å². The van der Waals surface area contributed by atoms with E-state index in [1.165, 1.54) is 6.07 Å². The summed E-state index contributed by atoms with van der Waals surface area (Å²) in [6.07, 6.45) is 0. The van der Waals surface area contributed by atoms with Gasteiger partial charge in [0.15, 0.2) is 0 Å². The van der Waals surface area contributed by atoms with Crippen molar-refractivity contribution in [2.45, 2.75) is 13.5 Å². The number of aryl methyl sites for hydroxylation is 1. The molecule has 0 bridgehead atoms. The second-order valence-corrected chi connectivity index (χ2v) is 8.25. The first-order valence-corrected chi connectivity index (χ1v) is 10.8. The fourth-order valence-corrected chi connectivity index (χ4v) is 3.77. The number of nitrogens with zero attached hydrogens (tertiary/aromatic N) is 1. The summed E-state index contributed by atoms with van der Waals surface area (Å²) in [5.41, 5.74) is 2.89. The van der Waals surface area contributed by atoms with Crippen LogP contribution in [-0.2, 0) is 16.1 Å². The van der Waals surface area contributed by atoms with E-state index in [4.69, 9.17) is 23.2 Å². The molecule has 0 saturated carbocycles. The van der Waals surface area contributed by atoms with Crippen LogP contribution in [0.25, 0.3) is 0 Å². The highest BCUT2D eigenvalue weighted by Crippen LogP contribution is 2.32. The number of rotatable bonds is 6. The Morgan fingerprint density at radius 1 is 0.909 bits per heavy atom. The normalized spacial score (nSPS) is 13.5. The molecular weight excluding hydrogens is 461 g/mol. The van der Waals surface area contributed by atoms with Gasteiger partial charge in [0, 0.05) is 22.8 Å². The van der Waals surface area contributed by atoms with Gasteiger partial charge in [0.1, 0.15) is 10.7 Å². The van der Waals surface area contributed by atoms with Crippen molar-refractivity contribution in [3.05, 3.63) is 105 Å². The Balaban J connectivity index is 1.54. The summed E-state index contributed by atoms with van der Waals surface area (Å²) in [6, 6.07) is 21.0.